The molecule has 1 aliphatic heterocycles. The van der Waals surface area contributed by atoms with E-state index in [0.717, 1.165) is 16.8 Å². The summed E-state index contributed by atoms with van der Waals surface area (Å²) in [7, 11) is 1.58. The van der Waals surface area contributed by atoms with Crippen molar-refractivity contribution >= 4 is 23.3 Å². The van der Waals surface area contributed by atoms with Crippen LogP contribution in [0.25, 0.3) is 11.4 Å². The van der Waals surface area contributed by atoms with E-state index in [2.05, 4.69) is 15.3 Å². The van der Waals surface area contributed by atoms with Gasteiger partial charge in [-0.05, 0) is 36.4 Å². The molecule has 142 valence electrons. The maximum atomic E-state index is 12.7. The highest BCUT2D eigenvalue weighted by Crippen LogP contribution is 2.25. The number of amides is 2. The number of nitrogens with one attached hydrogen (secondary N) is 1. The number of anilines is 1. The number of nitrogens with zero attached hydrogens (tertiary/aromatic N) is 3. The van der Waals surface area contributed by atoms with Gasteiger partial charge in [0.1, 0.15) is 5.75 Å². The summed E-state index contributed by atoms with van der Waals surface area (Å²) in [5.74, 6) is 1.30. The molecule has 0 unspecified atom stereocenters. The zero-order valence-electron chi connectivity index (χ0n) is 15.4. The predicted molar refractivity (Wildman–Crippen MR) is 109 cm³/mol. The first-order valence-electron chi connectivity index (χ1n) is 8.94. The minimum absolute atomic E-state index is 0.170. The van der Waals surface area contributed by atoms with Gasteiger partial charge >= 0.3 is 6.03 Å². The highest BCUT2D eigenvalue weighted by atomic mass is 35.5. The summed E-state index contributed by atoms with van der Waals surface area (Å²) in [6.07, 6.45) is 2.48. The van der Waals surface area contributed by atoms with E-state index >= 15 is 0 Å². The molecule has 1 N–H and O–H groups in total. The number of ether oxygens (including phenoxy) is 1. The molecule has 0 atom stereocenters. The van der Waals surface area contributed by atoms with Crippen molar-refractivity contribution < 1.29 is 9.53 Å². The quantitative estimate of drug-likeness (QED) is 0.715. The second kappa shape index (κ2) is 7.86. The number of methoxy groups -OCH3 is 1. The first-order chi connectivity index (χ1) is 13.6. The minimum Gasteiger partial charge on any atom is -0.495 e. The minimum atomic E-state index is -0.170. The summed E-state index contributed by atoms with van der Waals surface area (Å²) in [6, 6.07) is 14.6. The van der Waals surface area contributed by atoms with E-state index < -0.39 is 0 Å². The van der Waals surface area contributed by atoms with Crippen LogP contribution in [0.3, 0.4) is 0 Å². The van der Waals surface area contributed by atoms with Crippen molar-refractivity contribution in [3.63, 3.8) is 0 Å². The molecule has 0 aliphatic carbocycles. The zero-order valence-corrected chi connectivity index (χ0v) is 16.1. The molecule has 3 aromatic rings. The van der Waals surface area contributed by atoms with Crippen LogP contribution in [-0.4, -0.2) is 34.6 Å². The van der Waals surface area contributed by atoms with Crippen molar-refractivity contribution in [3.8, 4) is 17.1 Å². The average molecular weight is 395 g/mol. The van der Waals surface area contributed by atoms with Gasteiger partial charge in [0.2, 0.25) is 0 Å². The fourth-order valence-electron chi connectivity index (χ4n) is 3.17. The molecule has 0 saturated heterocycles. The average Bonchev–Trinajstić information content (AvgIpc) is 2.74. The first-order valence-corrected chi connectivity index (χ1v) is 9.31. The Hall–Kier alpha value is -3.12. The molecule has 0 fully saturated rings. The van der Waals surface area contributed by atoms with Gasteiger partial charge in [-0.2, -0.15) is 0 Å². The van der Waals surface area contributed by atoms with Gasteiger partial charge in [-0.3, -0.25) is 0 Å². The summed E-state index contributed by atoms with van der Waals surface area (Å²) < 4.78 is 5.29. The number of carbonyl (C=O) groups excluding carboxylic acids is 1. The Kier molecular flexibility index (Phi) is 5.12. The van der Waals surface area contributed by atoms with Crippen molar-refractivity contribution in [1.29, 1.82) is 0 Å². The fourth-order valence-corrected chi connectivity index (χ4v) is 3.30. The van der Waals surface area contributed by atoms with Crippen molar-refractivity contribution in [2.75, 3.05) is 19.0 Å². The van der Waals surface area contributed by atoms with Crippen LogP contribution >= 0.6 is 11.6 Å². The number of halogens is 1. The van der Waals surface area contributed by atoms with Gasteiger partial charge in [0.15, 0.2) is 5.82 Å². The number of aromatic nitrogens is 2. The lowest BCUT2D eigenvalue weighted by molar-refractivity contribution is 0.205. The lowest BCUT2D eigenvalue weighted by Crippen LogP contribution is -2.39. The molecule has 4 rings (SSSR count). The molecule has 1 aliphatic rings. The van der Waals surface area contributed by atoms with E-state index in [-0.39, 0.29) is 6.03 Å². The first kappa shape index (κ1) is 18.3. The molecule has 0 bridgehead atoms. The predicted octanol–water partition coefficient (Wildman–Crippen LogP) is 4.40. The second-order valence-corrected chi connectivity index (χ2v) is 6.91. The standard InChI is InChI=1S/C21H19ClN4O2/c1-28-19-5-3-2-4-18(19)25-21(27)26-11-10-17-15(13-26)12-23-20(24-17)14-6-8-16(22)9-7-14/h2-9,12H,10-11,13H2,1H3,(H,25,27). The van der Waals surface area contributed by atoms with Gasteiger partial charge in [0.25, 0.3) is 0 Å². The van der Waals surface area contributed by atoms with Gasteiger partial charge in [0.05, 0.1) is 25.0 Å². The lowest BCUT2D eigenvalue weighted by Gasteiger charge is -2.28. The van der Waals surface area contributed by atoms with Crippen LogP contribution in [0, 0.1) is 0 Å². The van der Waals surface area contributed by atoms with Crippen molar-refractivity contribution in [2.24, 2.45) is 0 Å². The second-order valence-electron chi connectivity index (χ2n) is 6.47. The van der Waals surface area contributed by atoms with E-state index in [1.54, 1.807) is 18.2 Å². The molecular weight excluding hydrogens is 376 g/mol. The third-order valence-electron chi connectivity index (χ3n) is 4.67. The van der Waals surface area contributed by atoms with Crippen LogP contribution < -0.4 is 10.1 Å². The summed E-state index contributed by atoms with van der Waals surface area (Å²) in [5, 5.41) is 3.59. The van der Waals surface area contributed by atoms with Crippen LogP contribution in [0.5, 0.6) is 5.75 Å². The molecule has 0 radical (unpaired) electrons. The Morgan fingerprint density at radius 2 is 1.96 bits per heavy atom. The number of fused-ring (bicyclic) bond motifs is 1. The van der Waals surface area contributed by atoms with E-state index in [4.69, 9.17) is 16.3 Å². The third kappa shape index (κ3) is 3.77. The molecule has 0 spiro atoms. The van der Waals surface area contributed by atoms with E-state index in [0.29, 0.717) is 41.8 Å². The number of hydrogen-bond acceptors (Lipinski definition) is 4. The summed E-state index contributed by atoms with van der Waals surface area (Å²) in [4.78, 5) is 23.6. The number of hydrogen-bond donors (Lipinski definition) is 1. The van der Waals surface area contributed by atoms with Gasteiger partial charge in [-0.1, -0.05) is 23.7 Å². The van der Waals surface area contributed by atoms with E-state index in [1.165, 1.54) is 0 Å². The Morgan fingerprint density at radius 1 is 1.18 bits per heavy atom. The third-order valence-corrected chi connectivity index (χ3v) is 4.92. The van der Waals surface area contributed by atoms with Crippen molar-refractivity contribution in [2.45, 2.75) is 13.0 Å². The molecular formula is C21H19ClN4O2. The number of benzene rings is 2. The molecule has 1 aromatic heterocycles. The highest BCUT2D eigenvalue weighted by molar-refractivity contribution is 6.30. The fraction of sp³-hybridized carbons (Fsp3) is 0.190. The maximum absolute atomic E-state index is 12.7. The monoisotopic (exact) mass is 394 g/mol. The normalized spacial score (nSPS) is 13.0. The summed E-state index contributed by atoms with van der Waals surface area (Å²) in [6.45, 7) is 1.06. The number of urea groups is 1. The van der Waals surface area contributed by atoms with Crippen molar-refractivity contribution in [3.05, 3.63) is 71.0 Å². The zero-order chi connectivity index (χ0) is 19.5. The van der Waals surface area contributed by atoms with Gasteiger partial charge in [0, 0.05) is 35.3 Å². The van der Waals surface area contributed by atoms with Crippen LogP contribution in [0.2, 0.25) is 5.02 Å². The Labute approximate surface area is 168 Å². The van der Waals surface area contributed by atoms with Gasteiger partial charge < -0.3 is 15.0 Å². The SMILES string of the molecule is COc1ccccc1NC(=O)N1CCc2nc(-c3ccc(Cl)cc3)ncc2C1. The Morgan fingerprint density at radius 3 is 2.75 bits per heavy atom. The smallest absolute Gasteiger partial charge is 0.322 e. The molecule has 28 heavy (non-hydrogen) atoms. The van der Waals surface area contributed by atoms with Crippen LogP contribution in [0.15, 0.2) is 54.7 Å². The van der Waals surface area contributed by atoms with Crippen LogP contribution in [-0.2, 0) is 13.0 Å². The van der Waals surface area contributed by atoms with Gasteiger partial charge in [-0.25, -0.2) is 14.8 Å². The largest absolute Gasteiger partial charge is 0.495 e. The van der Waals surface area contributed by atoms with E-state index in [1.807, 2.05) is 48.5 Å². The molecule has 2 aromatic carbocycles. The molecule has 2 heterocycles. The number of para-hydroxylation sites is 2. The maximum Gasteiger partial charge on any atom is 0.322 e. The topological polar surface area (TPSA) is 67.3 Å². The summed E-state index contributed by atoms with van der Waals surface area (Å²) >= 11 is 5.95. The Bertz CT molecular complexity index is 1010. The Balaban J connectivity index is 1.49. The van der Waals surface area contributed by atoms with Crippen LogP contribution in [0.4, 0.5) is 10.5 Å². The molecule has 7 heteroatoms. The van der Waals surface area contributed by atoms with Crippen LogP contribution in [0.1, 0.15) is 11.3 Å². The molecule has 6 nitrogen and oxygen atoms in total. The van der Waals surface area contributed by atoms with Crippen molar-refractivity contribution in [1.82, 2.24) is 14.9 Å². The molecule has 2 amide bonds. The summed E-state index contributed by atoms with van der Waals surface area (Å²) in [5.41, 5.74) is 3.50. The van der Waals surface area contributed by atoms with Gasteiger partial charge in [-0.15, -0.1) is 0 Å². The molecule has 0 saturated carbocycles. The number of carbonyl (C=O) groups is 1. The highest BCUT2D eigenvalue weighted by Gasteiger charge is 2.23. The lowest BCUT2D eigenvalue weighted by atomic mass is 10.1. The van der Waals surface area contributed by atoms with E-state index in [9.17, 15) is 4.79 Å². The number of rotatable bonds is 3.